The number of allylic oxidation sites excluding steroid dienone is 4. The molecule has 2 aromatic heterocycles. The van der Waals surface area contributed by atoms with Crippen LogP contribution in [0.5, 0.6) is 0 Å². The van der Waals surface area contributed by atoms with Crippen LogP contribution in [0.15, 0.2) is 45.7 Å². The van der Waals surface area contributed by atoms with Crippen LogP contribution in [0.4, 0.5) is 0 Å². The highest BCUT2D eigenvalue weighted by atomic mass is 35.5. The van der Waals surface area contributed by atoms with Crippen molar-refractivity contribution in [2.24, 2.45) is 0 Å². The summed E-state index contributed by atoms with van der Waals surface area (Å²) in [7, 11) is 1.93. The predicted octanol–water partition coefficient (Wildman–Crippen LogP) is 2.66. The molecule has 0 fully saturated rings. The molecular weight excluding hydrogens is 304 g/mol. The number of likely N-dealkylation sites (N-methyl/N-ethyl adjacent to an activating group) is 1. The molecule has 0 spiro atoms. The second kappa shape index (κ2) is 7.72. The number of nitrogens with zero attached hydrogens (tertiary/aromatic N) is 3. The van der Waals surface area contributed by atoms with Crippen molar-refractivity contribution in [3.05, 3.63) is 52.7 Å². The van der Waals surface area contributed by atoms with Crippen LogP contribution in [-0.4, -0.2) is 34.5 Å². The summed E-state index contributed by atoms with van der Waals surface area (Å²) < 4.78 is 6.49. The molecular formula is C15H17ClN4O2. The van der Waals surface area contributed by atoms with Gasteiger partial charge in [0, 0.05) is 11.6 Å². The van der Waals surface area contributed by atoms with Crippen molar-refractivity contribution in [1.82, 2.24) is 19.9 Å². The number of carbonyl (C=O) groups excluding carboxylic acids is 1. The van der Waals surface area contributed by atoms with Crippen molar-refractivity contribution in [2.75, 3.05) is 13.6 Å². The average molecular weight is 321 g/mol. The zero-order valence-electron chi connectivity index (χ0n) is 12.4. The van der Waals surface area contributed by atoms with Gasteiger partial charge in [0.25, 0.3) is 0 Å². The molecule has 22 heavy (non-hydrogen) atoms. The number of hydrogen-bond donors (Lipinski definition) is 1. The van der Waals surface area contributed by atoms with Gasteiger partial charge >= 0.3 is 5.84 Å². The van der Waals surface area contributed by atoms with Crippen LogP contribution in [-0.2, 0) is 0 Å². The Labute approximate surface area is 133 Å². The van der Waals surface area contributed by atoms with Crippen LogP contribution in [0.3, 0.4) is 0 Å². The third kappa shape index (κ3) is 3.93. The summed E-state index contributed by atoms with van der Waals surface area (Å²) in [5.74, 6) is 0.630. The summed E-state index contributed by atoms with van der Waals surface area (Å²) in [5, 5.41) is 7.75. The smallest absolute Gasteiger partial charge is 0.325 e. The summed E-state index contributed by atoms with van der Waals surface area (Å²) in [5.41, 5.74) is 1.90. The Hall–Kier alpha value is -2.18. The van der Waals surface area contributed by atoms with Gasteiger partial charge in [0.1, 0.15) is 6.33 Å². The van der Waals surface area contributed by atoms with E-state index in [1.807, 2.05) is 19.2 Å². The molecule has 0 saturated heterocycles. The highest BCUT2D eigenvalue weighted by molar-refractivity contribution is 6.31. The number of aldehydes is 1. The van der Waals surface area contributed by atoms with E-state index >= 15 is 0 Å². The first-order valence-electron chi connectivity index (χ1n) is 6.77. The number of aryl methyl sites for hydroxylation is 1. The van der Waals surface area contributed by atoms with Crippen LogP contribution in [0.2, 0.25) is 0 Å². The van der Waals surface area contributed by atoms with E-state index in [-0.39, 0.29) is 5.76 Å². The summed E-state index contributed by atoms with van der Waals surface area (Å²) >= 11 is 5.87. The number of rotatable bonds is 3. The minimum Gasteiger partial charge on any atom is -0.419 e. The van der Waals surface area contributed by atoms with E-state index in [1.54, 1.807) is 6.92 Å². The van der Waals surface area contributed by atoms with E-state index in [0.717, 1.165) is 18.0 Å². The van der Waals surface area contributed by atoms with Crippen molar-refractivity contribution in [3.63, 3.8) is 0 Å². The van der Waals surface area contributed by atoms with E-state index in [0.29, 0.717) is 17.8 Å². The first-order valence-corrected chi connectivity index (χ1v) is 7.15. The van der Waals surface area contributed by atoms with Crippen molar-refractivity contribution < 1.29 is 9.21 Å². The highest BCUT2D eigenvalue weighted by Gasteiger charge is 2.09. The van der Waals surface area contributed by atoms with Gasteiger partial charge in [0.15, 0.2) is 12.0 Å². The fraction of sp³-hybridized carbons (Fsp3) is 0.267. The predicted molar refractivity (Wildman–Crippen MR) is 85.1 cm³/mol. The van der Waals surface area contributed by atoms with Gasteiger partial charge in [-0.05, 0) is 32.0 Å². The molecule has 7 heteroatoms. The molecule has 116 valence electrons. The lowest BCUT2D eigenvalue weighted by Crippen LogP contribution is -2.08. The quantitative estimate of drug-likeness (QED) is 0.880. The first-order chi connectivity index (χ1) is 10.7. The number of halogens is 1. The Kier molecular flexibility index (Phi) is 5.68. The third-order valence-corrected chi connectivity index (χ3v) is 3.25. The largest absolute Gasteiger partial charge is 0.419 e. The molecule has 2 heterocycles. The summed E-state index contributed by atoms with van der Waals surface area (Å²) in [6.07, 6.45) is 11.2. The Morgan fingerprint density at radius 3 is 3.05 bits per heavy atom. The molecule has 1 N–H and O–H groups in total. The molecule has 1 aliphatic carbocycles. The van der Waals surface area contributed by atoms with Gasteiger partial charge in [-0.15, -0.1) is 0 Å². The Morgan fingerprint density at radius 1 is 1.55 bits per heavy atom. The van der Waals surface area contributed by atoms with Crippen molar-refractivity contribution in [2.45, 2.75) is 13.3 Å². The number of carbonyl (C=O) groups is 1. The standard InChI is InChI=1S/C9H12ClN.C6H5N3O2/c1-11-7-8-4-2-3-5-9(10)6-8;1-4-5(2-10)11-6-7-3-8-9(4)6/h2,4-6,11H,3,7H2,1H3;2-3H,1H3. The number of fused-ring (bicyclic) bond motifs is 1. The van der Waals surface area contributed by atoms with Gasteiger partial charge < -0.3 is 9.73 Å². The minimum atomic E-state index is 0.278. The SMILES string of the molecule is CNCC1=CC(Cl)=CCC=C1.Cc1c(C=O)oc2ncnn12. The number of aromatic nitrogens is 3. The molecule has 2 aromatic rings. The van der Waals surface area contributed by atoms with E-state index in [1.165, 1.54) is 16.4 Å². The average Bonchev–Trinajstić information content (AvgIpc) is 3.01. The van der Waals surface area contributed by atoms with Gasteiger partial charge in [-0.1, -0.05) is 29.8 Å². The molecule has 0 saturated carbocycles. The molecule has 1 aliphatic rings. The molecule has 0 unspecified atom stereocenters. The Morgan fingerprint density at radius 2 is 2.36 bits per heavy atom. The van der Waals surface area contributed by atoms with Crippen LogP contribution >= 0.6 is 11.6 Å². The van der Waals surface area contributed by atoms with Crippen LogP contribution < -0.4 is 5.32 Å². The molecule has 0 aliphatic heterocycles. The molecule has 0 atom stereocenters. The second-order valence-corrected chi connectivity index (χ2v) is 5.04. The van der Waals surface area contributed by atoms with Gasteiger partial charge in [-0.25, -0.2) is 0 Å². The second-order valence-electron chi connectivity index (χ2n) is 4.60. The highest BCUT2D eigenvalue weighted by Crippen LogP contribution is 2.13. The van der Waals surface area contributed by atoms with E-state index < -0.39 is 0 Å². The van der Waals surface area contributed by atoms with Gasteiger partial charge in [0.2, 0.25) is 0 Å². The van der Waals surface area contributed by atoms with Gasteiger partial charge in [-0.3, -0.25) is 4.79 Å². The molecule has 0 aromatic carbocycles. The summed E-state index contributed by atoms with van der Waals surface area (Å²) in [6.45, 7) is 2.62. The summed E-state index contributed by atoms with van der Waals surface area (Å²) in [6, 6.07) is 0. The number of oxazole rings is 1. The Balaban J connectivity index is 0.000000160. The maximum atomic E-state index is 10.3. The van der Waals surface area contributed by atoms with Gasteiger partial charge in [0.05, 0.1) is 5.69 Å². The zero-order chi connectivity index (χ0) is 15.9. The van der Waals surface area contributed by atoms with Crippen molar-refractivity contribution in [1.29, 1.82) is 0 Å². The monoisotopic (exact) mass is 320 g/mol. The fourth-order valence-electron chi connectivity index (χ4n) is 1.91. The normalized spacial score (nSPS) is 14.0. The minimum absolute atomic E-state index is 0.278. The van der Waals surface area contributed by atoms with Crippen LogP contribution in [0, 0.1) is 6.92 Å². The summed E-state index contributed by atoms with van der Waals surface area (Å²) in [4.78, 5) is 14.1. The molecule has 0 radical (unpaired) electrons. The first kappa shape index (κ1) is 16.2. The number of nitrogens with one attached hydrogen (secondary N) is 1. The number of hydrogen-bond acceptors (Lipinski definition) is 5. The van der Waals surface area contributed by atoms with Gasteiger partial charge in [-0.2, -0.15) is 14.6 Å². The third-order valence-electron chi connectivity index (χ3n) is 2.98. The van der Waals surface area contributed by atoms with E-state index in [2.05, 4.69) is 27.6 Å². The fourth-order valence-corrected chi connectivity index (χ4v) is 2.14. The maximum Gasteiger partial charge on any atom is 0.325 e. The van der Waals surface area contributed by atoms with Crippen LogP contribution in [0.25, 0.3) is 5.84 Å². The van der Waals surface area contributed by atoms with E-state index in [9.17, 15) is 4.79 Å². The molecule has 3 rings (SSSR count). The zero-order valence-corrected chi connectivity index (χ0v) is 13.2. The van der Waals surface area contributed by atoms with E-state index in [4.69, 9.17) is 16.0 Å². The lowest BCUT2D eigenvalue weighted by molar-refractivity contribution is 0.110. The molecule has 0 amide bonds. The maximum absolute atomic E-state index is 10.3. The van der Waals surface area contributed by atoms with Crippen molar-refractivity contribution in [3.8, 4) is 0 Å². The Bertz CT molecular complexity index is 740. The van der Waals surface area contributed by atoms with Crippen molar-refractivity contribution >= 4 is 23.7 Å². The lowest BCUT2D eigenvalue weighted by Gasteiger charge is -1.97. The molecule has 0 bridgehead atoms. The molecule has 6 nitrogen and oxygen atoms in total. The van der Waals surface area contributed by atoms with Crippen LogP contribution in [0.1, 0.15) is 22.7 Å². The lowest BCUT2D eigenvalue weighted by atomic mass is 10.2. The topological polar surface area (TPSA) is 72.4 Å².